The molecule has 1 N–H and O–H groups in total. The van der Waals surface area contributed by atoms with E-state index in [1.807, 2.05) is 81.6 Å². The number of amides is 2. The molecule has 0 radical (unpaired) electrons. The van der Waals surface area contributed by atoms with Crippen LogP contribution in [0.25, 0.3) is 0 Å². The minimum absolute atomic E-state index is 0.0526. The van der Waals surface area contributed by atoms with E-state index in [1.165, 1.54) is 16.7 Å². The number of thioether (sulfide) groups is 1. The van der Waals surface area contributed by atoms with Gasteiger partial charge in [-0.3, -0.25) is 13.9 Å². The summed E-state index contributed by atoms with van der Waals surface area (Å²) in [5.74, 6) is -0.242. The molecule has 11 heteroatoms. The van der Waals surface area contributed by atoms with Gasteiger partial charge in [0.15, 0.2) is 0 Å². The molecule has 0 bridgehead atoms. The van der Waals surface area contributed by atoms with Crippen molar-refractivity contribution in [2.75, 3.05) is 23.7 Å². The normalized spacial score (nSPS) is 12.5. The lowest BCUT2D eigenvalue weighted by Gasteiger charge is -2.34. The standard InChI is InChI=1S/C37H42BrN3O5S2/c1-5-27(3)39-37(43)35(24-28-10-8-7-9-11-28)40(25-29-12-14-30(38)15-13-29)36(42)26-41(31-16-18-32(19-17-31)46-6-2)48(44,45)34-22-20-33(47-4)21-23-34/h7-23,27,35H,5-6,24-26H2,1-4H3,(H,39,43). The van der Waals surface area contributed by atoms with Crippen molar-refractivity contribution in [3.8, 4) is 5.75 Å². The largest absolute Gasteiger partial charge is 0.494 e. The molecule has 0 saturated heterocycles. The number of halogens is 1. The number of hydrogen-bond acceptors (Lipinski definition) is 6. The van der Waals surface area contributed by atoms with Crippen LogP contribution in [0.2, 0.25) is 0 Å². The minimum atomic E-state index is -4.21. The molecule has 0 aliphatic heterocycles. The number of carbonyl (C=O) groups excluding carboxylic acids is 2. The molecule has 8 nitrogen and oxygen atoms in total. The molecular weight excluding hydrogens is 710 g/mol. The Balaban J connectivity index is 1.80. The van der Waals surface area contributed by atoms with Crippen LogP contribution in [0.3, 0.4) is 0 Å². The summed E-state index contributed by atoms with van der Waals surface area (Å²) in [5, 5.41) is 3.06. The Bertz CT molecular complexity index is 1740. The van der Waals surface area contributed by atoms with Gasteiger partial charge in [-0.2, -0.15) is 0 Å². The number of ether oxygens (including phenoxy) is 1. The summed E-state index contributed by atoms with van der Waals surface area (Å²) in [6.07, 6.45) is 2.87. The van der Waals surface area contributed by atoms with E-state index in [-0.39, 0.29) is 29.8 Å². The third-order valence-corrected chi connectivity index (χ3v) is 11.0. The Labute approximate surface area is 297 Å². The molecule has 48 heavy (non-hydrogen) atoms. The fourth-order valence-electron chi connectivity index (χ4n) is 5.06. The highest BCUT2D eigenvalue weighted by Gasteiger charge is 2.35. The van der Waals surface area contributed by atoms with E-state index in [9.17, 15) is 18.0 Å². The van der Waals surface area contributed by atoms with Gasteiger partial charge in [-0.1, -0.05) is 65.3 Å². The molecule has 4 aromatic carbocycles. The van der Waals surface area contributed by atoms with E-state index in [0.29, 0.717) is 24.5 Å². The third-order valence-electron chi connectivity index (χ3n) is 7.90. The van der Waals surface area contributed by atoms with Crippen molar-refractivity contribution in [1.82, 2.24) is 10.2 Å². The summed E-state index contributed by atoms with van der Waals surface area (Å²) in [7, 11) is -4.21. The Morgan fingerprint density at radius 2 is 1.52 bits per heavy atom. The molecule has 0 aliphatic rings. The van der Waals surface area contributed by atoms with E-state index in [2.05, 4.69) is 21.2 Å². The van der Waals surface area contributed by atoms with E-state index >= 15 is 0 Å². The SMILES string of the molecule is CCOc1ccc(N(CC(=O)N(Cc2ccc(Br)cc2)C(Cc2ccccc2)C(=O)NC(C)CC)S(=O)(=O)c2ccc(SC)cc2)cc1. The fourth-order valence-corrected chi connectivity index (χ4v) is 7.15. The van der Waals surface area contributed by atoms with Crippen LogP contribution in [0.5, 0.6) is 5.75 Å². The minimum Gasteiger partial charge on any atom is -0.494 e. The maximum absolute atomic E-state index is 14.6. The van der Waals surface area contributed by atoms with Crippen molar-refractivity contribution in [1.29, 1.82) is 0 Å². The lowest BCUT2D eigenvalue weighted by atomic mass is 10.0. The number of benzene rings is 4. The highest BCUT2D eigenvalue weighted by atomic mass is 79.9. The Kier molecular flexibility index (Phi) is 13.5. The maximum Gasteiger partial charge on any atom is 0.264 e. The van der Waals surface area contributed by atoms with Gasteiger partial charge in [-0.05, 0) is 98.3 Å². The topological polar surface area (TPSA) is 96.0 Å². The summed E-state index contributed by atoms with van der Waals surface area (Å²) in [4.78, 5) is 31.1. The Morgan fingerprint density at radius 1 is 0.875 bits per heavy atom. The fraction of sp³-hybridized carbons (Fsp3) is 0.297. The smallest absolute Gasteiger partial charge is 0.264 e. The van der Waals surface area contributed by atoms with Crippen LogP contribution in [0, 0.1) is 0 Å². The van der Waals surface area contributed by atoms with Gasteiger partial charge in [0.05, 0.1) is 17.2 Å². The molecule has 4 aromatic rings. The molecule has 0 aromatic heterocycles. The predicted octanol–water partition coefficient (Wildman–Crippen LogP) is 7.32. The summed E-state index contributed by atoms with van der Waals surface area (Å²) >= 11 is 4.97. The molecule has 4 rings (SSSR count). The molecule has 0 fully saturated rings. The molecule has 0 spiro atoms. The zero-order valence-electron chi connectivity index (χ0n) is 27.6. The average Bonchev–Trinajstić information content (AvgIpc) is 3.10. The number of nitrogens with zero attached hydrogens (tertiary/aromatic N) is 2. The van der Waals surface area contributed by atoms with E-state index in [0.717, 1.165) is 24.8 Å². The second-order valence-corrected chi connectivity index (χ2v) is 14.9. The van der Waals surface area contributed by atoms with Crippen molar-refractivity contribution in [3.05, 3.63) is 119 Å². The third kappa shape index (κ3) is 9.87. The lowest BCUT2D eigenvalue weighted by Crippen LogP contribution is -2.54. The van der Waals surface area contributed by atoms with Gasteiger partial charge < -0.3 is 15.0 Å². The first kappa shape index (κ1) is 37.0. The molecule has 2 amide bonds. The second kappa shape index (κ2) is 17.6. The van der Waals surface area contributed by atoms with Gasteiger partial charge in [0.1, 0.15) is 18.3 Å². The molecule has 2 unspecified atom stereocenters. The number of sulfonamides is 1. The molecule has 0 saturated carbocycles. The number of hydrogen-bond donors (Lipinski definition) is 1. The molecular formula is C37H42BrN3O5S2. The first-order valence-corrected chi connectivity index (χ1v) is 19.3. The molecule has 2 atom stereocenters. The van der Waals surface area contributed by atoms with Gasteiger partial charge in [-0.15, -0.1) is 11.8 Å². The molecule has 0 heterocycles. The van der Waals surface area contributed by atoms with Crippen LogP contribution >= 0.6 is 27.7 Å². The van der Waals surface area contributed by atoms with Crippen molar-refractivity contribution in [2.24, 2.45) is 0 Å². The number of rotatable bonds is 16. The van der Waals surface area contributed by atoms with E-state index < -0.39 is 28.5 Å². The van der Waals surface area contributed by atoms with Crippen molar-refractivity contribution in [3.63, 3.8) is 0 Å². The van der Waals surface area contributed by atoms with Crippen molar-refractivity contribution in [2.45, 2.75) is 62.0 Å². The van der Waals surface area contributed by atoms with Gasteiger partial charge in [0.25, 0.3) is 10.0 Å². The maximum atomic E-state index is 14.6. The summed E-state index contributed by atoms with van der Waals surface area (Å²) < 4.78 is 36.2. The summed E-state index contributed by atoms with van der Waals surface area (Å²) in [6.45, 7) is 5.78. The number of nitrogens with one attached hydrogen (secondary N) is 1. The zero-order chi connectivity index (χ0) is 34.7. The summed E-state index contributed by atoms with van der Waals surface area (Å²) in [5.41, 5.74) is 1.97. The number of anilines is 1. The molecule has 0 aliphatic carbocycles. The van der Waals surface area contributed by atoms with E-state index in [4.69, 9.17) is 4.74 Å². The second-order valence-electron chi connectivity index (χ2n) is 11.3. The van der Waals surface area contributed by atoms with Crippen LogP contribution in [0.1, 0.15) is 38.3 Å². The highest BCUT2D eigenvalue weighted by molar-refractivity contribution is 9.10. The lowest BCUT2D eigenvalue weighted by molar-refractivity contribution is -0.140. The van der Waals surface area contributed by atoms with Crippen LogP contribution in [-0.4, -0.2) is 56.6 Å². The van der Waals surface area contributed by atoms with Gasteiger partial charge in [0.2, 0.25) is 11.8 Å². The van der Waals surface area contributed by atoms with Gasteiger partial charge in [0, 0.05) is 28.4 Å². The Hall–Kier alpha value is -3.80. The average molecular weight is 753 g/mol. The monoisotopic (exact) mass is 751 g/mol. The first-order chi connectivity index (χ1) is 23.0. The van der Waals surface area contributed by atoms with Crippen LogP contribution in [0.15, 0.2) is 117 Å². The Morgan fingerprint density at radius 3 is 2.10 bits per heavy atom. The van der Waals surface area contributed by atoms with E-state index in [1.54, 1.807) is 48.5 Å². The van der Waals surface area contributed by atoms with Crippen LogP contribution in [0.4, 0.5) is 5.69 Å². The summed E-state index contributed by atoms with van der Waals surface area (Å²) in [6, 6.07) is 29.2. The predicted molar refractivity (Wildman–Crippen MR) is 197 cm³/mol. The van der Waals surface area contributed by atoms with Crippen molar-refractivity contribution < 1.29 is 22.7 Å². The quantitative estimate of drug-likeness (QED) is 0.121. The van der Waals surface area contributed by atoms with Crippen molar-refractivity contribution >= 4 is 55.2 Å². The van der Waals surface area contributed by atoms with Gasteiger partial charge >= 0.3 is 0 Å². The first-order valence-electron chi connectivity index (χ1n) is 15.8. The highest BCUT2D eigenvalue weighted by Crippen LogP contribution is 2.28. The van der Waals surface area contributed by atoms with Crippen LogP contribution < -0.4 is 14.4 Å². The van der Waals surface area contributed by atoms with Crippen LogP contribution in [-0.2, 0) is 32.6 Å². The van der Waals surface area contributed by atoms with Gasteiger partial charge in [-0.25, -0.2) is 8.42 Å². The molecule has 254 valence electrons. The zero-order valence-corrected chi connectivity index (χ0v) is 30.9. The number of carbonyl (C=O) groups is 2.